The molecule has 3 aromatic rings. The van der Waals surface area contributed by atoms with Crippen LogP contribution in [0.25, 0.3) is 11.3 Å². The van der Waals surface area contributed by atoms with Crippen LogP contribution in [0.15, 0.2) is 71.3 Å². The number of furan rings is 1. The maximum Gasteiger partial charge on any atom is 0.138 e. The van der Waals surface area contributed by atoms with E-state index in [1.165, 1.54) is 0 Å². The standard InChI is InChI=1S/C17H14O2/c1-13-7-5-10-16(17(13)15-11-6-12-18-15)19-14-8-3-2-4-9-14/h2-12H,1H3. The van der Waals surface area contributed by atoms with Gasteiger partial charge >= 0.3 is 0 Å². The first-order valence-electron chi connectivity index (χ1n) is 6.21. The average molecular weight is 250 g/mol. The molecule has 1 aromatic heterocycles. The van der Waals surface area contributed by atoms with E-state index in [2.05, 4.69) is 13.0 Å². The molecule has 0 N–H and O–H groups in total. The number of rotatable bonds is 3. The van der Waals surface area contributed by atoms with Crippen LogP contribution < -0.4 is 4.74 Å². The van der Waals surface area contributed by atoms with Crippen molar-refractivity contribution in [2.24, 2.45) is 0 Å². The Morgan fingerprint density at radius 1 is 0.842 bits per heavy atom. The molecule has 0 aliphatic heterocycles. The molecule has 0 amide bonds. The summed E-state index contributed by atoms with van der Waals surface area (Å²) in [6.07, 6.45) is 1.67. The van der Waals surface area contributed by atoms with E-state index in [9.17, 15) is 0 Å². The lowest BCUT2D eigenvalue weighted by Gasteiger charge is -2.11. The molecule has 0 unspecified atom stereocenters. The van der Waals surface area contributed by atoms with Gasteiger partial charge in [0.1, 0.15) is 17.3 Å². The Labute approximate surface area is 112 Å². The lowest BCUT2D eigenvalue weighted by molar-refractivity contribution is 0.480. The lowest BCUT2D eigenvalue weighted by Crippen LogP contribution is -1.90. The molecule has 0 spiro atoms. The summed E-state index contributed by atoms with van der Waals surface area (Å²) in [5.41, 5.74) is 2.12. The normalized spacial score (nSPS) is 10.4. The van der Waals surface area contributed by atoms with E-state index in [4.69, 9.17) is 9.15 Å². The van der Waals surface area contributed by atoms with Gasteiger partial charge in [-0.25, -0.2) is 0 Å². The number of hydrogen-bond acceptors (Lipinski definition) is 2. The molecule has 3 rings (SSSR count). The highest BCUT2D eigenvalue weighted by Crippen LogP contribution is 2.35. The molecular formula is C17H14O2. The van der Waals surface area contributed by atoms with Crippen molar-refractivity contribution in [1.29, 1.82) is 0 Å². The van der Waals surface area contributed by atoms with Gasteiger partial charge in [-0.15, -0.1) is 0 Å². The van der Waals surface area contributed by atoms with E-state index in [1.54, 1.807) is 6.26 Å². The van der Waals surface area contributed by atoms with E-state index in [1.807, 2.05) is 54.6 Å². The molecule has 0 radical (unpaired) electrons. The highest BCUT2D eigenvalue weighted by Gasteiger charge is 2.12. The quantitative estimate of drug-likeness (QED) is 0.649. The largest absolute Gasteiger partial charge is 0.464 e. The highest BCUT2D eigenvalue weighted by atomic mass is 16.5. The van der Waals surface area contributed by atoms with Crippen molar-refractivity contribution in [3.05, 3.63) is 72.5 Å². The third kappa shape index (κ3) is 2.38. The van der Waals surface area contributed by atoms with Crippen LogP contribution in [0.5, 0.6) is 11.5 Å². The minimum atomic E-state index is 0.807. The fourth-order valence-corrected chi connectivity index (χ4v) is 2.08. The van der Waals surface area contributed by atoms with Crippen molar-refractivity contribution < 1.29 is 9.15 Å². The predicted octanol–water partition coefficient (Wildman–Crippen LogP) is 5.05. The molecule has 2 heteroatoms. The SMILES string of the molecule is Cc1cccc(Oc2ccccc2)c1-c1ccco1. The van der Waals surface area contributed by atoms with Crippen LogP contribution in [0.1, 0.15) is 5.56 Å². The number of hydrogen-bond donors (Lipinski definition) is 0. The topological polar surface area (TPSA) is 22.4 Å². The Kier molecular flexibility index (Phi) is 3.07. The molecule has 94 valence electrons. The summed E-state index contributed by atoms with van der Waals surface area (Å²) in [6.45, 7) is 2.05. The second-order valence-electron chi connectivity index (χ2n) is 4.34. The van der Waals surface area contributed by atoms with Crippen molar-refractivity contribution in [2.45, 2.75) is 6.92 Å². The second-order valence-corrected chi connectivity index (χ2v) is 4.34. The number of ether oxygens (including phenoxy) is 1. The predicted molar refractivity (Wildman–Crippen MR) is 75.4 cm³/mol. The summed E-state index contributed by atoms with van der Waals surface area (Å²) in [5.74, 6) is 2.45. The van der Waals surface area contributed by atoms with E-state index < -0.39 is 0 Å². The summed E-state index contributed by atoms with van der Waals surface area (Å²) < 4.78 is 11.5. The Morgan fingerprint density at radius 3 is 2.42 bits per heavy atom. The fraction of sp³-hybridized carbons (Fsp3) is 0.0588. The van der Waals surface area contributed by atoms with E-state index >= 15 is 0 Å². The van der Waals surface area contributed by atoms with Gasteiger partial charge in [0, 0.05) is 0 Å². The maximum atomic E-state index is 5.95. The zero-order chi connectivity index (χ0) is 13.1. The molecule has 0 atom stereocenters. The Morgan fingerprint density at radius 2 is 1.68 bits per heavy atom. The lowest BCUT2D eigenvalue weighted by atomic mass is 10.1. The van der Waals surface area contributed by atoms with E-state index in [0.29, 0.717) is 0 Å². The van der Waals surface area contributed by atoms with Crippen molar-refractivity contribution in [3.63, 3.8) is 0 Å². The second kappa shape index (κ2) is 5.02. The van der Waals surface area contributed by atoms with Gasteiger partial charge in [-0.1, -0.05) is 30.3 Å². The first-order valence-corrected chi connectivity index (χ1v) is 6.21. The monoisotopic (exact) mass is 250 g/mol. The molecular weight excluding hydrogens is 236 g/mol. The van der Waals surface area contributed by atoms with Crippen LogP contribution in [-0.2, 0) is 0 Å². The van der Waals surface area contributed by atoms with Crippen LogP contribution in [0.2, 0.25) is 0 Å². The summed E-state index contributed by atoms with van der Waals surface area (Å²) in [4.78, 5) is 0. The fourth-order valence-electron chi connectivity index (χ4n) is 2.08. The molecule has 0 aliphatic carbocycles. The Hall–Kier alpha value is -2.48. The minimum Gasteiger partial charge on any atom is -0.464 e. The third-order valence-corrected chi connectivity index (χ3v) is 2.97. The third-order valence-electron chi connectivity index (χ3n) is 2.97. The minimum absolute atomic E-state index is 0.807. The van der Waals surface area contributed by atoms with Gasteiger partial charge in [-0.3, -0.25) is 0 Å². The van der Waals surface area contributed by atoms with Gasteiger partial charge in [-0.2, -0.15) is 0 Å². The average Bonchev–Trinajstić information content (AvgIpc) is 2.94. The van der Waals surface area contributed by atoms with E-state index in [0.717, 1.165) is 28.4 Å². The molecule has 0 aliphatic rings. The molecule has 2 nitrogen and oxygen atoms in total. The van der Waals surface area contributed by atoms with Crippen molar-refractivity contribution in [1.82, 2.24) is 0 Å². The molecule has 19 heavy (non-hydrogen) atoms. The smallest absolute Gasteiger partial charge is 0.138 e. The summed E-state index contributed by atoms with van der Waals surface area (Å²) in [7, 11) is 0. The summed E-state index contributed by atoms with van der Waals surface area (Å²) in [5, 5.41) is 0. The summed E-state index contributed by atoms with van der Waals surface area (Å²) >= 11 is 0. The van der Waals surface area contributed by atoms with Gasteiger partial charge in [0.25, 0.3) is 0 Å². The van der Waals surface area contributed by atoms with Crippen LogP contribution in [0.4, 0.5) is 0 Å². The van der Waals surface area contributed by atoms with E-state index in [-0.39, 0.29) is 0 Å². The van der Waals surface area contributed by atoms with Crippen molar-refractivity contribution in [2.75, 3.05) is 0 Å². The molecule has 2 aromatic carbocycles. The van der Waals surface area contributed by atoms with Gasteiger partial charge in [-0.05, 0) is 42.8 Å². The molecule has 0 bridgehead atoms. The zero-order valence-corrected chi connectivity index (χ0v) is 10.7. The van der Waals surface area contributed by atoms with Gasteiger partial charge < -0.3 is 9.15 Å². The van der Waals surface area contributed by atoms with Crippen molar-refractivity contribution in [3.8, 4) is 22.8 Å². The number of aryl methyl sites for hydroxylation is 1. The van der Waals surface area contributed by atoms with Crippen LogP contribution >= 0.6 is 0 Å². The molecule has 0 saturated carbocycles. The number of para-hydroxylation sites is 1. The van der Waals surface area contributed by atoms with Crippen molar-refractivity contribution >= 4 is 0 Å². The molecule has 1 heterocycles. The summed E-state index contributed by atoms with van der Waals surface area (Å²) in [6, 6.07) is 19.6. The van der Waals surface area contributed by atoms with Gasteiger partial charge in [0.15, 0.2) is 0 Å². The number of benzene rings is 2. The van der Waals surface area contributed by atoms with Crippen LogP contribution in [0.3, 0.4) is 0 Å². The van der Waals surface area contributed by atoms with Gasteiger partial charge in [0.05, 0.1) is 11.8 Å². The molecule has 0 fully saturated rings. The maximum absolute atomic E-state index is 5.95. The Bertz CT molecular complexity index is 655. The van der Waals surface area contributed by atoms with Crippen LogP contribution in [0, 0.1) is 6.92 Å². The van der Waals surface area contributed by atoms with Crippen LogP contribution in [-0.4, -0.2) is 0 Å². The highest BCUT2D eigenvalue weighted by molar-refractivity contribution is 5.70. The zero-order valence-electron chi connectivity index (χ0n) is 10.7. The van der Waals surface area contributed by atoms with Gasteiger partial charge in [0.2, 0.25) is 0 Å². The Balaban J connectivity index is 2.05. The first kappa shape index (κ1) is 11.6. The first-order chi connectivity index (χ1) is 9.34. The molecule has 0 saturated heterocycles.